The lowest BCUT2D eigenvalue weighted by Crippen LogP contribution is -2.14. The van der Waals surface area contributed by atoms with Crippen molar-refractivity contribution < 1.29 is 0 Å². The molecule has 1 aromatic rings. The van der Waals surface area contributed by atoms with E-state index in [1.807, 2.05) is 25.9 Å². The second kappa shape index (κ2) is 4.59. The number of rotatable bonds is 3. The molecule has 1 rings (SSSR count). The highest BCUT2D eigenvalue weighted by Crippen LogP contribution is 2.30. The Hall–Kier alpha value is -1.85. The zero-order chi connectivity index (χ0) is 11.4. The normalized spacial score (nSPS) is 10.9. The molecule has 4 N–H and O–H groups in total. The molecule has 82 valence electrons. The van der Waals surface area contributed by atoms with E-state index in [1.54, 1.807) is 6.21 Å². The van der Waals surface area contributed by atoms with Crippen molar-refractivity contribution in [2.75, 3.05) is 30.5 Å². The van der Waals surface area contributed by atoms with Gasteiger partial charge in [0.15, 0.2) is 11.6 Å². The SMILES string of the molecule is CCC=Nc1nc(N)nc(N)c1N(C)C. The van der Waals surface area contributed by atoms with E-state index in [-0.39, 0.29) is 5.95 Å². The van der Waals surface area contributed by atoms with Crippen LogP contribution < -0.4 is 16.4 Å². The first-order valence-corrected chi connectivity index (χ1v) is 4.69. The van der Waals surface area contributed by atoms with E-state index in [1.165, 1.54) is 0 Å². The van der Waals surface area contributed by atoms with Gasteiger partial charge in [-0.1, -0.05) is 6.92 Å². The highest BCUT2D eigenvalue weighted by molar-refractivity contribution is 5.78. The van der Waals surface area contributed by atoms with Crippen LogP contribution in [0.5, 0.6) is 0 Å². The maximum absolute atomic E-state index is 5.75. The van der Waals surface area contributed by atoms with Gasteiger partial charge in [0.05, 0.1) is 0 Å². The summed E-state index contributed by atoms with van der Waals surface area (Å²) in [4.78, 5) is 13.9. The van der Waals surface area contributed by atoms with Crippen LogP contribution in [0, 0.1) is 0 Å². The molecule has 0 saturated heterocycles. The molecule has 1 aromatic heterocycles. The topological polar surface area (TPSA) is 93.4 Å². The van der Waals surface area contributed by atoms with Gasteiger partial charge in [-0.2, -0.15) is 9.97 Å². The molecule has 0 aliphatic carbocycles. The number of anilines is 3. The molecule has 0 aliphatic heterocycles. The summed E-state index contributed by atoms with van der Waals surface area (Å²) >= 11 is 0. The van der Waals surface area contributed by atoms with E-state index in [9.17, 15) is 0 Å². The van der Waals surface area contributed by atoms with Crippen molar-refractivity contribution in [1.29, 1.82) is 0 Å². The van der Waals surface area contributed by atoms with E-state index in [0.29, 0.717) is 17.3 Å². The molecule has 15 heavy (non-hydrogen) atoms. The van der Waals surface area contributed by atoms with Crippen LogP contribution >= 0.6 is 0 Å². The highest BCUT2D eigenvalue weighted by Gasteiger charge is 2.11. The summed E-state index contributed by atoms with van der Waals surface area (Å²) < 4.78 is 0. The molecule has 0 spiro atoms. The lowest BCUT2D eigenvalue weighted by molar-refractivity contribution is 1.07. The quantitative estimate of drug-likeness (QED) is 0.717. The molecule has 0 unspecified atom stereocenters. The maximum Gasteiger partial charge on any atom is 0.224 e. The van der Waals surface area contributed by atoms with Crippen LogP contribution in [-0.4, -0.2) is 30.3 Å². The van der Waals surface area contributed by atoms with Crippen LogP contribution in [0.1, 0.15) is 13.3 Å². The third-order valence-corrected chi connectivity index (χ3v) is 1.75. The first-order chi connectivity index (χ1) is 7.06. The lowest BCUT2D eigenvalue weighted by Gasteiger charge is -2.16. The predicted octanol–water partition coefficient (Wildman–Crippen LogP) is 0.819. The fourth-order valence-corrected chi connectivity index (χ4v) is 1.17. The van der Waals surface area contributed by atoms with Gasteiger partial charge < -0.3 is 16.4 Å². The molecule has 0 aliphatic rings. The van der Waals surface area contributed by atoms with Gasteiger partial charge >= 0.3 is 0 Å². The smallest absolute Gasteiger partial charge is 0.224 e. The minimum atomic E-state index is 0.140. The van der Waals surface area contributed by atoms with Crippen LogP contribution in [0.15, 0.2) is 4.99 Å². The second-order valence-electron chi connectivity index (χ2n) is 3.25. The molecule has 0 aromatic carbocycles. The number of nitrogens with zero attached hydrogens (tertiary/aromatic N) is 4. The van der Waals surface area contributed by atoms with Gasteiger partial charge in [0.1, 0.15) is 5.69 Å². The molecule has 6 heteroatoms. The average molecular weight is 208 g/mol. The number of nitrogens with two attached hydrogens (primary N) is 2. The summed E-state index contributed by atoms with van der Waals surface area (Å²) in [6.45, 7) is 1.99. The number of aromatic nitrogens is 2. The van der Waals surface area contributed by atoms with Gasteiger partial charge in [-0.15, -0.1) is 0 Å². The molecule has 0 atom stereocenters. The minimum Gasteiger partial charge on any atom is -0.382 e. The molecule has 6 nitrogen and oxygen atoms in total. The molecule has 0 bridgehead atoms. The third-order valence-electron chi connectivity index (χ3n) is 1.75. The maximum atomic E-state index is 5.75. The number of aliphatic imine (C=N–C) groups is 1. The zero-order valence-corrected chi connectivity index (χ0v) is 9.23. The van der Waals surface area contributed by atoms with E-state index in [4.69, 9.17) is 11.5 Å². The monoisotopic (exact) mass is 208 g/mol. The van der Waals surface area contributed by atoms with Gasteiger partial charge in [0.25, 0.3) is 0 Å². The van der Waals surface area contributed by atoms with Crippen molar-refractivity contribution in [3.05, 3.63) is 0 Å². The summed E-state index contributed by atoms with van der Waals surface area (Å²) in [5.41, 5.74) is 11.9. The largest absolute Gasteiger partial charge is 0.382 e. The van der Waals surface area contributed by atoms with Crippen molar-refractivity contribution >= 4 is 29.5 Å². The molecule has 1 heterocycles. The summed E-state index contributed by atoms with van der Waals surface area (Å²) in [5, 5.41) is 0. The number of hydrogen-bond acceptors (Lipinski definition) is 6. The van der Waals surface area contributed by atoms with Gasteiger partial charge in [-0.25, -0.2) is 4.99 Å². The first kappa shape index (κ1) is 11.2. The second-order valence-corrected chi connectivity index (χ2v) is 3.25. The van der Waals surface area contributed by atoms with Crippen molar-refractivity contribution in [1.82, 2.24) is 9.97 Å². The van der Waals surface area contributed by atoms with Crippen molar-refractivity contribution in [2.24, 2.45) is 4.99 Å². The minimum absolute atomic E-state index is 0.140. The Labute approximate surface area is 89.0 Å². The Morgan fingerprint density at radius 1 is 1.33 bits per heavy atom. The standard InChI is InChI=1S/C9H16N6/c1-4-5-12-8-6(15(2)3)7(10)13-9(11)14-8/h5H,4H2,1-3H3,(H4,10,11,13,14). The Morgan fingerprint density at radius 3 is 2.53 bits per heavy atom. The van der Waals surface area contributed by atoms with Gasteiger partial charge in [0.2, 0.25) is 5.95 Å². The number of nitrogen functional groups attached to an aromatic ring is 2. The number of hydrogen-bond donors (Lipinski definition) is 2. The van der Waals surface area contributed by atoms with Gasteiger partial charge in [0, 0.05) is 20.3 Å². The van der Waals surface area contributed by atoms with E-state index < -0.39 is 0 Å². The Balaban J connectivity index is 3.26. The molecule has 0 saturated carbocycles. The zero-order valence-electron chi connectivity index (χ0n) is 9.23. The van der Waals surface area contributed by atoms with E-state index >= 15 is 0 Å². The van der Waals surface area contributed by atoms with E-state index in [2.05, 4.69) is 15.0 Å². The summed E-state index contributed by atoms with van der Waals surface area (Å²) in [5.74, 6) is 0.990. The summed E-state index contributed by atoms with van der Waals surface area (Å²) in [6.07, 6.45) is 2.59. The van der Waals surface area contributed by atoms with Crippen molar-refractivity contribution in [3.8, 4) is 0 Å². The van der Waals surface area contributed by atoms with Gasteiger partial charge in [-0.3, -0.25) is 0 Å². The molecular formula is C9H16N6. The fraction of sp³-hybridized carbons (Fsp3) is 0.444. The highest BCUT2D eigenvalue weighted by atomic mass is 15.2. The van der Waals surface area contributed by atoms with Crippen LogP contribution in [-0.2, 0) is 0 Å². The Kier molecular flexibility index (Phi) is 3.43. The summed E-state index contributed by atoms with van der Waals surface area (Å²) in [7, 11) is 3.71. The first-order valence-electron chi connectivity index (χ1n) is 4.69. The van der Waals surface area contributed by atoms with E-state index in [0.717, 1.165) is 6.42 Å². The van der Waals surface area contributed by atoms with Crippen LogP contribution in [0.4, 0.5) is 23.3 Å². The lowest BCUT2D eigenvalue weighted by atomic mass is 10.4. The Bertz CT molecular complexity index is 371. The van der Waals surface area contributed by atoms with Crippen molar-refractivity contribution in [3.63, 3.8) is 0 Å². The van der Waals surface area contributed by atoms with Crippen molar-refractivity contribution in [2.45, 2.75) is 13.3 Å². The predicted molar refractivity (Wildman–Crippen MR) is 63.6 cm³/mol. The fourth-order valence-electron chi connectivity index (χ4n) is 1.17. The molecular weight excluding hydrogens is 192 g/mol. The van der Waals surface area contributed by atoms with Gasteiger partial charge in [-0.05, 0) is 6.42 Å². The molecule has 0 fully saturated rings. The molecule has 0 amide bonds. The molecule has 0 radical (unpaired) electrons. The third kappa shape index (κ3) is 2.55. The van der Waals surface area contributed by atoms with Crippen LogP contribution in [0.3, 0.4) is 0 Å². The van der Waals surface area contributed by atoms with Crippen LogP contribution in [0.2, 0.25) is 0 Å². The Morgan fingerprint density at radius 2 is 2.00 bits per heavy atom. The van der Waals surface area contributed by atoms with Crippen LogP contribution in [0.25, 0.3) is 0 Å². The summed E-state index contributed by atoms with van der Waals surface area (Å²) in [6, 6.07) is 0. The average Bonchev–Trinajstić information content (AvgIpc) is 2.12.